The fourth-order valence-corrected chi connectivity index (χ4v) is 2.60. The van der Waals surface area contributed by atoms with Crippen molar-refractivity contribution in [3.8, 4) is 0 Å². The van der Waals surface area contributed by atoms with E-state index in [1.807, 2.05) is 0 Å². The molecule has 0 spiro atoms. The maximum absolute atomic E-state index is 11.4. The number of carbonyl (C=O) groups is 2. The molecule has 23 heavy (non-hydrogen) atoms. The summed E-state index contributed by atoms with van der Waals surface area (Å²) < 4.78 is 4.54. The molecule has 9 heteroatoms. The molecule has 1 unspecified atom stereocenters. The maximum Gasteiger partial charge on any atom is 0.407 e. The highest BCUT2D eigenvalue weighted by Gasteiger charge is 2.28. The Kier molecular flexibility index (Phi) is 4.99. The lowest BCUT2D eigenvalue weighted by Gasteiger charge is -2.22. The lowest BCUT2D eigenvalue weighted by molar-refractivity contribution is -0.384. The third-order valence-corrected chi connectivity index (χ3v) is 3.77. The van der Waals surface area contributed by atoms with Crippen LogP contribution in [-0.2, 0) is 4.74 Å². The highest BCUT2D eigenvalue weighted by Crippen LogP contribution is 2.27. The van der Waals surface area contributed by atoms with Crippen LogP contribution in [0.5, 0.6) is 0 Å². The van der Waals surface area contributed by atoms with E-state index in [0.29, 0.717) is 13.0 Å². The Labute approximate surface area is 132 Å². The first-order valence-electron chi connectivity index (χ1n) is 7.04. The van der Waals surface area contributed by atoms with Gasteiger partial charge in [0.05, 0.1) is 23.6 Å². The van der Waals surface area contributed by atoms with E-state index in [2.05, 4.69) is 10.1 Å². The summed E-state index contributed by atoms with van der Waals surface area (Å²) in [5, 5.41) is 23.2. The van der Waals surface area contributed by atoms with Crippen molar-refractivity contribution in [1.82, 2.24) is 4.90 Å². The van der Waals surface area contributed by atoms with Crippen molar-refractivity contribution >= 4 is 23.4 Å². The number of nitrogens with zero attached hydrogens (tertiary/aromatic N) is 2. The molecule has 9 nitrogen and oxygen atoms in total. The molecule has 2 rings (SSSR count). The third-order valence-electron chi connectivity index (χ3n) is 3.77. The molecule has 124 valence electrons. The molecule has 1 aliphatic heterocycles. The maximum atomic E-state index is 11.4. The van der Waals surface area contributed by atoms with Crippen LogP contribution in [-0.4, -0.2) is 53.2 Å². The second-order valence-corrected chi connectivity index (χ2v) is 5.13. The first-order chi connectivity index (χ1) is 10.9. The first kappa shape index (κ1) is 16.5. The molecule has 0 aliphatic carbocycles. The summed E-state index contributed by atoms with van der Waals surface area (Å²) in [7, 11) is 1.20. The van der Waals surface area contributed by atoms with Gasteiger partial charge in [-0.05, 0) is 25.0 Å². The number of hydrogen-bond acceptors (Lipinski definition) is 6. The molecule has 1 aliphatic rings. The summed E-state index contributed by atoms with van der Waals surface area (Å²) in [5.41, 5.74) is 0.0606. The SMILES string of the molecule is COC(=O)c1ccc(NCC2CCCN2C(=O)O)c([N+](=O)[O-])c1. The van der Waals surface area contributed by atoms with E-state index < -0.39 is 17.0 Å². The van der Waals surface area contributed by atoms with Crippen LogP contribution in [0.1, 0.15) is 23.2 Å². The van der Waals surface area contributed by atoms with Crippen molar-refractivity contribution in [3.05, 3.63) is 33.9 Å². The van der Waals surface area contributed by atoms with Gasteiger partial charge in [-0.3, -0.25) is 10.1 Å². The molecule has 0 bridgehead atoms. The summed E-state index contributed by atoms with van der Waals surface area (Å²) in [5.74, 6) is -0.660. The molecule has 1 amide bonds. The Balaban J connectivity index is 2.14. The lowest BCUT2D eigenvalue weighted by atomic mass is 10.1. The van der Waals surface area contributed by atoms with Crippen molar-refractivity contribution in [2.24, 2.45) is 0 Å². The van der Waals surface area contributed by atoms with Crippen LogP contribution in [0.3, 0.4) is 0 Å². The fourth-order valence-electron chi connectivity index (χ4n) is 2.60. The van der Waals surface area contributed by atoms with Crippen molar-refractivity contribution in [3.63, 3.8) is 0 Å². The Morgan fingerprint density at radius 2 is 2.26 bits per heavy atom. The smallest absolute Gasteiger partial charge is 0.407 e. The van der Waals surface area contributed by atoms with Gasteiger partial charge in [-0.15, -0.1) is 0 Å². The number of anilines is 1. The number of benzene rings is 1. The Hall–Kier alpha value is -2.84. The number of amides is 1. The van der Waals surface area contributed by atoms with Crippen molar-refractivity contribution in [2.75, 3.05) is 25.5 Å². The Bertz CT molecular complexity index is 633. The van der Waals surface area contributed by atoms with E-state index in [-0.39, 0.29) is 29.5 Å². The van der Waals surface area contributed by atoms with Gasteiger partial charge in [0.15, 0.2) is 0 Å². The number of likely N-dealkylation sites (tertiary alicyclic amines) is 1. The van der Waals surface area contributed by atoms with Crippen molar-refractivity contribution < 1.29 is 24.4 Å². The molecule has 1 heterocycles. The van der Waals surface area contributed by atoms with Crippen LogP contribution in [0.4, 0.5) is 16.2 Å². The summed E-state index contributed by atoms with van der Waals surface area (Å²) in [6.07, 6.45) is 0.472. The van der Waals surface area contributed by atoms with E-state index in [4.69, 9.17) is 5.11 Å². The second-order valence-electron chi connectivity index (χ2n) is 5.13. The molecule has 1 saturated heterocycles. The number of nitro groups is 1. The van der Waals surface area contributed by atoms with Crippen LogP contribution in [0.15, 0.2) is 18.2 Å². The number of carboxylic acid groups (broad SMARTS) is 1. The Morgan fingerprint density at radius 3 is 2.87 bits per heavy atom. The molecule has 1 aromatic carbocycles. The van der Waals surface area contributed by atoms with Crippen LogP contribution < -0.4 is 5.32 Å². The van der Waals surface area contributed by atoms with Gasteiger partial charge in [-0.2, -0.15) is 0 Å². The van der Waals surface area contributed by atoms with E-state index in [0.717, 1.165) is 12.5 Å². The average molecular weight is 323 g/mol. The molecular formula is C14H17N3O6. The minimum atomic E-state index is -0.996. The largest absolute Gasteiger partial charge is 0.465 e. The quantitative estimate of drug-likeness (QED) is 0.482. The van der Waals surface area contributed by atoms with Gasteiger partial charge in [-0.25, -0.2) is 9.59 Å². The molecule has 0 radical (unpaired) electrons. The minimum absolute atomic E-state index is 0.0813. The molecule has 1 fully saturated rings. The van der Waals surface area contributed by atoms with Gasteiger partial charge in [0.25, 0.3) is 5.69 Å². The van der Waals surface area contributed by atoms with Gasteiger partial charge in [0, 0.05) is 19.2 Å². The number of ether oxygens (including phenoxy) is 1. The Morgan fingerprint density at radius 1 is 1.52 bits per heavy atom. The van der Waals surface area contributed by atoms with Crippen molar-refractivity contribution in [2.45, 2.75) is 18.9 Å². The summed E-state index contributed by atoms with van der Waals surface area (Å²) in [6.45, 7) is 0.732. The predicted octanol–water partition coefficient (Wildman–Crippen LogP) is 1.94. The number of nitro benzene ring substituents is 1. The monoisotopic (exact) mass is 323 g/mol. The molecule has 1 aromatic rings. The second kappa shape index (κ2) is 6.95. The molecule has 0 aromatic heterocycles. The van der Waals surface area contributed by atoms with Gasteiger partial charge >= 0.3 is 12.1 Å². The summed E-state index contributed by atoms with van der Waals surface area (Å²) >= 11 is 0. The molecule has 0 saturated carbocycles. The van der Waals surface area contributed by atoms with Crippen LogP contribution in [0.2, 0.25) is 0 Å². The third kappa shape index (κ3) is 3.68. The minimum Gasteiger partial charge on any atom is -0.465 e. The van der Waals surface area contributed by atoms with Gasteiger partial charge < -0.3 is 20.1 Å². The zero-order valence-corrected chi connectivity index (χ0v) is 12.5. The number of carbonyl (C=O) groups excluding carboxylic acids is 1. The number of methoxy groups -OCH3 is 1. The standard InChI is InChI=1S/C14H17N3O6/c1-23-13(18)9-4-5-11(12(7-9)17(21)22)15-8-10-3-2-6-16(10)14(19)20/h4-5,7,10,15H,2-3,6,8H2,1H3,(H,19,20). The van der Waals surface area contributed by atoms with Gasteiger partial charge in [0.1, 0.15) is 5.69 Å². The van der Waals surface area contributed by atoms with Crippen molar-refractivity contribution in [1.29, 1.82) is 0 Å². The molecule has 2 N–H and O–H groups in total. The van der Waals surface area contributed by atoms with Crippen LogP contribution in [0, 0.1) is 10.1 Å². The molecule has 1 atom stereocenters. The van der Waals surface area contributed by atoms with Crippen LogP contribution >= 0.6 is 0 Å². The van der Waals surface area contributed by atoms with E-state index in [1.54, 1.807) is 0 Å². The predicted molar refractivity (Wildman–Crippen MR) is 80.7 cm³/mol. The number of esters is 1. The topological polar surface area (TPSA) is 122 Å². The van der Waals surface area contributed by atoms with Gasteiger partial charge in [-0.1, -0.05) is 0 Å². The highest BCUT2D eigenvalue weighted by atomic mass is 16.6. The average Bonchev–Trinajstić information content (AvgIpc) is 3.00. The first-order valence-corrected chi connectivity index (χ1v) is 7.04. The molecular weight excluding hydrogens is 306 g/mol. The number of hydrogen-bond donors (Lipinski definition) is 2. The zero-order valence-electron chi connectivity index (χ0n) is 12.5. The number of nitrogens with one attached hydrogen (secondary N) is 1. The summed E-state index contributed by atoms with van der Waals surface area (Å²) in [6, 6.07) is 3.75. The number of rotatable bonds is 5. The highest BCUT2D eigenvalue weighted by molar-refractivity contribution is 5.91. The normalized spacial score (nSPS) is 16.9. The fraction of sp³-hybridized carbons (Fsp3) is 0.429. The van der Waals surface area contributed by atoms with Crippen LogP contribution in [0.25, 0.3) is 0 Å². The van der Waals surface area contributed by atoms with E-state index in [9.17, 15) is 19.7 Å². The lowest BCUT2D eigenvalue weighted by Crippen LogP contribution is -2.38. The van der Waals surface area contributed by atoms with E-state index >= 15 is 0 Å². The summed E-state index contributed by atoms with van der Waals surface area (Å²) in [4.78, 5) is 34.4. The van der Waals surface area contributed by atoms with E-state index in [1.165, 1.54) is 24.1 Å². The zero-order chi connectivity index (χ0) is 17.0. The van der Waals surface area contributed by atoms with Gasteiger partial charge in [0.2, 0.25) is 0 Å².